The lowest BCUT2D eigenvalue weighted by atomic mass is 9.91. The molecule has 2 aromatic heterocycles. The molecule has 1 aliphatic heterocycles. The Bertz CT molecular complexity index is 1100. The maximum absolute atomic E-state index is 13.4. The van der Waals surface area contributed by atoms with E-state index in [0.29, 0.717) is 30.7 Å². The molecule has 2 N–H and O–H groups in total. The highest BCUT2D eigenvalue weighted by atomic mass is 16.2. The molecule has 2 amide bonds. The molecule has 2 fully saturated rings. The summed E-state index contributed by atoms with van der Waals surface area (Å²) >= 11 is 0. The molecule has 1 aromatic carbocycles. The van der Waals surface area contributed by atoms with Crippen molar-refractivity contribution in [2.24, 2.45) is 5.92 Å². The molecule has 5 rings (SSSR count). The van der Waals surface area contributed by atoms with Crippen LogP contribution >= 0.6 is 0 Å². The molecule has 3 aromatic rings. The van der Waals surface area contributed by atoms with Crippen LogP contribution in [-0.4, -0.2) is 62.8 Å². The molecule has 0 spiro atoms. The number of nitrogens with zero attached hydrogens (tertiary/aromatic N) is 4. The summed E-state index contributed by atoms with van der Waals surface area (Å²) in [5.41, 5.74) is 3.65. The van der Waals surface area contributed by atoms with Crippen LogP contribution in [0.1, 0.15) is 42.9 Å². The van der Waals surface area contributed by atoms with E-state index in [-0.39, 0.29) is 11.6 Å². The standard InChI is InChI=1S/C22H28N6O2/c1-26(2)22(30)27-11-5-6-14(13-27)12-16-19(15-9-10-15)25-28(20(16)29)21-23-17-7-3-4-8-18(17)24-21/h3-4,7-8,14-15,25H,5-6,9-13H2,1-2H3,(H,23,24). The second-order valence-electron chi connectivity index (χ2n) is 8.83. The lowest BCUT2D eigenvalue weighted by Crippen LogP contribution is -2.45. The van der Waals surface area contributed by atoms with Gasteiger partial charge in [0.1, 0.15) is 0 Å². The maximum Gasteiger partial charge on any atom is 0.319 e. The fourth-order valence-electron chi connectivity index (χ4n) is 4.57. The number of fused-ring (bicyclic) bond motifs is 1. The number of nitrogens with one attached hydrogen (secondary N) is 2. The van der Waals surface area contributed by atoms with Gasteiger partial charge in [0.2, 0.25) is 5.95 Å². The molecule has 1 saturated heterocycles. The quantitative estimate of drug-likeness (QED) is 0.696. The molecule has 0 radical (unpaired) electrons. The van der Waals surface area contributed by atoms with Gasteiger partial charge in [-0.05, 0) is 50.2 Å². The van der Waals surface area contributed by atoms with E-state index in [1.165, 1.54) is 0 Å². The number of imidazole rings is 1. The zero-order chi connectivity index (χ0) is 20.8. The molecule has 1 saturated carbocycles. The number of likely N-dealkylation sites (tertiary alicyclic amines) is 1. The van der Waals surface area contributed by atoms with Gasteiger partial charge in [0.25, 0.3) is 5.56 Å². The van der Waals surface area contributed by atoms with Crippen LogP contribution in [-0.2, 0) is 6.42 Å². The van der Waals surface area contributed by atoms with Gasteiger partial charge in [0.15, 0.2) is 0 Å². The number of benzene rings is 1. The highest BCUT2D eigenvalue weighted by molar-refractivity contribution is 5.76. The first kappa shape index (κ1) is 19.0. The second kappa shape index (κ2) is 7.34. The third-order valence-corrected chi connectivity index (χ3v) is 6.26. The van der Waals surface area contributed by atoms with Gasteiger partial charge in [-0.3, -0.25) is 9.89 Å². The number of aromatic nitrogens is 4. The van der Waals surface area contributed by atoms with Crippen molar-refractivity contribution in [2.75, 3.05) is 27.2 Å². The van der Waals surface area contributed by atoms with E-state index >= 15 is 0 Å². The van der Waals surface area contributed by atoms with E-state index in [9.17, 15) is 9.59 Å². The average molecular weight is 409 g/mol. The first-order valence-corrected chi connectivity index (χ1v) is 10.8. The first-order valence-electron chi connectivity index (χ1n) is 10.8. The Balaban J connectivity index is 1.45. The lowest BCUT2D eigenvalue weighted by molar-refractivity contribution is 0.142. The average Bonchev–Trinajstić information content (AvgIpc) is 3.42. The number of carbonyl (C=O) groups excluding carboxylic acids is 1. The van der Waals surface area contributed by atoms with Crippen molar-refractivity contribution in [3.05, 3.63) is 45.9 Å². The van der Waals surface area contributed by atoms with Crippen molar-refractivity contribution in [2.45, 2.75) is 38.0 Å². The minimum atomic E-state index is -0.0213. The largest absolute Gasteiger partial charge is 0.331 e. The predicted octanol–water partition coefficient (Wildman–Crippen LogP) is 2.86. The van der Waals surface area contributed by atoms with E-state index < -0.39 is 0 Å². The van der Waals surface area contributed by atoms with E-state index in [4.69, 9.17) is 0 Å². The highest BCUT2D eigenvalue weighted by Gasteiger charge is 2.33. The number of hydrogen-bond acceptors (Lipinski definition) is 3. The van der Waals surface area contributed by atoms with Gasteiger partial charge in [-0.15, -0.1) is 0 Å². The number of amides is 2. The number of para-hydroxylation sites is 2. The molecule has 0 bridgehead atoms. The summed E-state index contributed by atoms with van der Waals surface area (Å²) in [6, 6.07) is 7.84. The summed E-state index contributed by atoms with van der Waals surface area (Å²) < 4.78 is 1.56. The normalized spacial score (nSPS) is 19.4. The maximum atomic E-state index is 13.4. The van der Waals surface area contributed by atoms with Crippen molar-refractivity contribution in [1.29, 1.82) is 0 Å². The van der Waals surface area contributed by atoms with E-state index in [1.807, 2.05) is 29.2 Å². The van der Waals surface area contributed by atoms with Crippen molar-refractivity contribution < 1.29 is 4.79 Å². The van der Waals surface area contributed by atoms with Crippen molar-refractivity contribution in [3.8, 4) is 5.95 Å². The Morgan fingerprint density at radius 3 is 2.77 bits per heavy atom. The molecule has 1 aliphatic carbocycles. The number of hydrogen-bond donors (Lipinski definition) is 2. The van der Waals surface area contributed by atoms with Crippen LogP contribution in [0.2, 0.25) is 0 Å². The van der Waals surface area contributed by atoms with Gasteiger partial charge in [-0.2, -0.15) is 4.68 Å². The molecule has 3 heterocycles. The fourth-order valence-corrected chi connectivity index (χ4v) is 4.57. The Hall–Kier alpha value is -3.03. The van der Waals surface area contributed by atoms with Crippen LogP contribution in [0.4, 0.5) is 4.79 Å². The SMILES string of the molecule is CN(C)C(=O)N1CCCC(Cc2c(C3CC3)[nH]n(-c3nc4ccccc4[nH]3)c2=O)C1. The monoisotopic (exact) mass is 408 g/mol. The van der Waals surface area contributed by atoms with Gasteiger partial charge >= 0.3 is 6.03 Å². The van der Waals surface area contributed by atoms with Crippen LogP contribution < -0.4 is 5.56 Å². The highest BCUT2D eigenvalue weighted by Crippen LogP contribution is 2.41. The van der Waals surface area contributed by atoms with Crippen LogP contribution in [0.3, 0.4) is 0 Å². The topological polar surface area (TPSA) is 90.0 Å². The van der Waals surface area contributed by atoms with E-state index in [2.05, 4.69) is 15.1 Å². The molecule has 8 heteroatoms. The number of urea groups is 1. The third-order valence-electron chi connectivity index (χ3n) is 6.26. The zero-order valence-electron chi connectivity index (χ0n) is 17.5. The third kappa shape index (κ3) is 3.40. The number of H-pyrrole nitrogens is 2. The van der Waals surface area contributed by atoms with E-state index in [0.717, 1.165) is 54.5 Å². The lowest BCUT2D eigenvalue weighted by Gasteiger charge is -2.34. The molecule has 8 nitrogen and oxygen atoms in total. The molecule has 1 atom stereocenters. The van der Waals surface area contributed by atoms with Crippen LogP contribution in [0, 0.1) is 5.92 Å². The molecule has 30 heavy (non-hydrogen) atoms. The van der Waals surface area contributed by atoms with Gasteiger partial charge in [-0.1, -0.05) is 12.1 Å². The van der Waals surface area contributed by atoms with E-state index in [1.54, 1.807) is 23.7 Å². The number of piperidine rings is 1. The van der Waals surface area contributed by atoms with Crippen LogP contribution in [0.15, 0.2) is 29.1 Å². The van der Waals surface area contributed by atoms with Crippen molar-refractivity contribution in [3.63, 3.8) is 0 Å². The summed E-state index contributed by atoms with van der Waals surface area (Å²) in [5, 5.41) is 3.35. The Labute approximate surface area is 174 Å². The van der Waals surface area contributed by atoms with Crippen LogP contribution in [0.25, 0.3) is 17.0 Å². The van der Waals surface area contributed by atoms with Crippen LogP contribution in [0.5, 0.6) is 0 Å². The minimum Gasteiger partial charge on any atom is -0.331 e. The number of aromatic amines is 2. The molecular formula is C22H28N6O2. The van der Waals surface area contributed by atoms with Crippen molar-refractivity contribution >= 4 is 17.1 Å². The van der Waals surface area contributed by atoms with Crippen molar-refractivity contribution in [1.82, 2.24) is 29.5 Å². The van der Waals surface area contributed by atoms with Gasteiger partial charge in [-0.25, -0.2) is 9.78 Å². The Morgan fingerprint density at radius 1 is 1.23 bits per heavy atom. The smallest absolute Gasteiger partial charge is 0.319 e. The van der Waals surface area contributed by atoms with Gasteiger partial charge < -0.3 is 14.8 Å². The Morgan fingerprint density at radius 2 is 2.03 bits per heavy atom. The fraction of sp³-hybridized carbons (Fsp3) is 0.500. The summed E-state index contributed by atoms with van der Waals surface area (Å²) in [6.07, 6.45) is 4.94. The minimum absolute atomic E-state index is 0.0213. The second-order valence-corrected chi connectivity index (χ2v) is 8.83. The summed E-state index contributed by atoms with van der Waals surface area (Å²) in [5.74, 6) is 1.26. The Kier molecular flexibility index (Phi) is 4.64. The summed E-state index contributed by atoms with van der Waals surface area (Å²) in [6.45, 7) is 1.50. The first-order chi connectivity index (χ1) is 14.5. The van der Waals surface area contributed by atoms with Gasteiger partial charge in [0, 0.05) is 44.4 Å². The molecular weight excluding hydrogens is 380 g/mol. The molecule has 1 unspecified atom stereocenters. The number of carbonyl (C=O) groups is 1. The summed E-state index contributed by atoms with van der Waals surface area (Å²) in [4.78, 5) is 37.2. The number of rotatable bonds is 4. The molecule has 158 valence electrons. The summed E-state index contributed by atoms with van der Waals surface area (Å²) in [7, 11) is 3.57. The zero-order valence-corrected chi connectivity index (χ0v) is 17.5. The van der Waals surface area contributed by atoms with Gasteiger partial charge in [0.05, 0.1) is 11.0 Å². The predicted molar refractivity (Wildman–Crippen MR) is 115 cm³/mol. The molecule has 2 aliphatic rings.